The van der Waals surface area contributed by atoms with Crippen molar-refractivity contribution in [2.24, 2.45) is 17.3 Å². The first-order chi connectivity index (χ1) is 13.5. The molecule has 3 rings (SSSR count). The largest absolute Gasteiger partial charge is 0.204 e. The van der Waals surface area contributed by atoms with Gasteiger partial charge < -0.3 is 0 Å². The summed E-state index contributed by atoms with van der Waals surface area (Å²) in [5.74, 6) is -1.84. The van der Waals surface area contributed by atoms with Gasteiger partial charge in [0, 0.05) is 0 Å². The minimum atomic E-state index is -1.35. The number of aryl methyl sites for hydroxylation is 1. The van der Waals surface area contributed by atoms with Gasteiger partial charge in [0.2, 0.25) is 0 Å². The van der Waals surface area contributed by atoms with Crippen LogP contribution in [0, 0.1) is 34.7 Å². The van der Waals surface area contributed by atoms with Gasteiger partial charge in [-0.1, -0.05) is 51.9 Å². The second kappa shape index (κ2) is 10.2. The fourth-order valence-electron chi connectivity index (χ4n) is 5.95. The van der Waals surface area contributed by atoms with Crippen LogP contribution in [0.2, 0.25) is 0 Å². The SMILES string of the molecule is CCCCC[C@H]1CC[C@](CCc2cc(F)c(F)c(F)c2)(C2CCCCC2)CC1. The van der Waals surface area contributed by atoms with Crippen LogP contribution < -0.4 is 0 Å². The molecule has 0 atom stereocenters. The lowest BCUT2D eigenvalue weighted by Gasteiger charge is -2.48. The normalized spacial score (nSPS) is 26.5. The van der Waals surface area contributed by atoms with E-state index in [-0.39, 0.29) is 0 Å². The standard InChI is InChI=1S/C25H37F3/c1-2-3-5-8-19-11-14-25(15-12-19,21-9-6-4-7-10-21)16-13-20-17-22(26)24(28)23(27)18-20/h17-19,21H,2-16H2,1H3/t19-,25-. The van der Waals surface area contributed by atoms with E-state index in [0.717, 1.165) is 18.3 Å². The molecule has 0 aromatic heterocycles. The van der Waals surface area contributed by atoms with Crippen LogP contribution in [0.1, 0.15) is 102 Å². The molecule has 0 N–H and O–H groups in total. The predicted octanol–water partition coefficient (Wildman–Crippen LogP) is 8.37. The fraction of sp³-hybridized carbons (Fsp3) is 0.760. The van der Waals surface area contributed by atoms with E-state index >= 15 is 0 Å². The topological polar surface area (TPSA) is 0 Å². The third-order valence-electron chi connectivity index (χ3n) is 7.74. The zero-order valence-corrected chi connectivity index (χ0v) is 17.5. The van der Waals surface area contributed by atoms with Gasteiger partial charge in [0.15, 0.2) is 17.5 Å². The maximum atomic E-state index is 13.6. The molecular weight excluding hydrogens is 357 g/mol. The first-order valence-electron chi connectivity index (χ1n) is 11.7. The monoisotopic (exact) mass is 394 g/mol. The number of hydrogen-bond acceptors (Lipinski definition) is 0. The average Bonchev–Trinajstić information content (AvgIpc) is 2.72. The molecule has 28 heavy (non-hydrogen) atoms. The molecule has 0 bridgehead atoms. The molecule has 0 spiro atoms. The number of benzene rings is 1. The lowest BCUT2D eigenvalue weighted by Crippen LogP contribution is -2.37. The molecule has 2 saturated carbocycles. The van der Waals surface area contributed by atoms with Gasteiger partial charge in [-0.3, -0.25) is 0 Å². The first kappa shape index (κ1) is 21.7. The lowest BCUT2D eigenvalue weighted by molar-refractivity contribution is 0.0378. The fourth-order valence-corrected chi connectivity index (χ4v) is 5.95. The number of unbranched alkanes of at least 4 members (excludes halogenated alkanes) is 2. The summed E-state index contributed by atoms with van der Waals surface area (Å²) in [4.78, 5) is 0. The van der Waals surface area contributed by atoms with Crippen molar-refractivity contribution in [2.75, 3.05) is 0 Å². The predicted molar refractivity (Wildman–Crippen MR) is 110 cm³/mol. The van der Waals surface area contributed by atoms with Gasteiger partial charge in [-0.15, -0.1) is 0 Å². The van der Waals surface area contributed by atoms with Gasteiger partial charge in [-0.05, 0) is 86.3 Å². The van der Waals surface area contributed by atoms with Crippen molar-refractivity contribution in [3.63, 3.8) is 0 Å². The van der Waals surface area contributed by atoms with E-state index in [0.29, 0.717) is 17.4 Å². The van der Waals surface area contributed by atoms with Crippen molar-refractivity contribution < 1.29 is 13.2 Å². The van der Waals surface area contributed by atoms with Gasteiger partial charge in [0.25, 0.3) is 0 Å². The molecule has 0 radical (unpaired) electrons. The summed E-state index contributed by atoms with van der Waals surface area (Å²) in [5, 5.41) is 0. The van der Waals surface area contributed by atoms with E-state index in [4.69, 9.17) is 0 Å². The summed E-state index contributed by atoms with van der Waals surface area (Å²) < 4.78 is 40.6. The molecule has 2 aliphatic carbocycles. The van der Waals surface area contributed by atoms with E-state index in [1.54, 1.807) is 0 Å². The Labute approximate surface area is 169 Å². The van der Waals surface area contributed by atoms with E-state index < -0.39 is 17.5 Å². The highest BCUT2D eigenvalue weighted by molar-refractivity contribution is 5.20. The van der Waals surface area contributed by atoms with Crippen LogP contribution in [-0.4, -0.2) is 0 Å². The molecule has 1 aromatic rings. The van der Waals surface area contributed by atoms with Crippen molar-refractivity contribution in [3.8, 4) is 0 Å². The Morgan fingerprint density at radius 3 is 2.14 bits per heavy atom. The zero-order chi connectivity index (χ0) is 20.0. The minimum Gasteiger partial charge on any atom is -0.204 e. The molecule has 0 amide bonds. The molecular formula is C25H37F3. The molecule has 158 valence electrons. The average molecular weight is 395 g/mol. The Hall–Kier alpha value is -0.990. The highest BCUT2D eigenvalue weighted by atomic mass is 19.2. The zero-order valence-electron chi connectivity index (χ0n) is 17.5. The molecule has 1 aromatic carbocycles. The second-order valence-corrected chi connectivity index (χ2v) is 9.51. The maximum absolute atomic E-state index is 13.6. The summed E-state index contributed by atoms with van der Waals surface area (Å²) in [5.41, 5.74) is 0.930. The van der Waals surface area contributed by atoms with Gasteiger partial charge in [0.05, 0.1) is 0 Å². The van der Waals surface area contributed by atoms with E-state index in [1.165, 1.54) is 95.6 Å². The Balaban J connectivity index is 1.66. The summed E-state index contributed by atoms with van der Waals surface area (Å²) in [6.07, 6.45) is 18.8. The Morgan fingerprint density at radius 2 is 1.54 bits per heavy atom. The van der Waals surface area contributed by atoms with Crippen LogP contribution in [-0.2, 0) is 6.42 Å². The smallest absolute Gasteiger partial charge is 0.194 e. The van der Waals surface area contributed by atoms with Crippen LogP contribution in [0.25, 0.3) is 0 Å². The van der Waals surface area contributed by atoms with Crippen LogP contribution in [0.3, 0.4) is 0 Å². The van der Waals surface area contributed by atoms with Crippen molar-refractivity contribution in [1.82, 2.24) is 0 Å². The molecule has 2 fully saturated rings. The minimum absolute atomic E-state index is 0.322. The third kappa shape index (κ3) is 5.33. The Kier molecular flexibility index (Phi) is 7.88. The van der Waals surface area contributed by atoms with E-state index in [9.17, 15) is 13.2 Å². The number of halogens is 3. The number of rotatable bonds is 8. The summed E-state index contributed by atoms with van der Waals surface area (Å²) in [7, 11) is 0. The highest BCUT2D eigenvalue weighted by Crippen LogP contribution is 2.52. The molecule has 0 unspecified atom stereocenters. The second-order valence-electron chi connectivity index (χ2n) is 9.51. The van der Waals surface area contributed by atoms with Crippen LogP contribution in [0.4, 0.5) is 13.2 Å². The first-order valence-corrected chi connectivity index (χ1v) is 11.7. The Morgan fingerprint density at radius 1 is 0.893 bits per heavy atom. The van der Waals surface area contributed by atoms with Crippen molar-refractivity contribution in [2.45, 2.75) is 103 Å². The van der Waals surface area contributed by atoms with Crippen molar-refractivity contribution in [1.29, 1.82) is 0 Å². The van der Waals surface area contributed by atoms with Crippen LogP contribution in [0.5, 0.6) is 0 Å². The molecule has 0 saturated heterocycles. The highest BCUT2D eigenvalue weighted by Gasteiger charge is 2.41. The molecule has 0 aliphatic heterocycles. The molecule has 0 nitrogen and oxygen atoms in total. The van der Waals surface area contributed by atoms with E-state index in [1.807, 2.05) is 0 Å². The summed E-state index contributed by atoms with van der Waals surface area (Å²) in [6, 6.07) is 2.40. The van der Waals surface area contributed by atoms with Gasteiger partial charge in [-0.2, -0.15) is 0 Å². The van der Waals surface area contributed by atoms with Crippen molar-refractivity contribution in [3.05, 3.63) is 35.1 Å². The number of hydrogen-bond donors (Lipinski definition) is 0. The van der Waals surface area contributed by atoms with Gasteiger partial charge in [-0.25, -0.2) is 13.2 Å². The Bertz CT molecular complexity index is 587. The third-order valence-corrected chi connectivity index (χ3v) is 7.74. The summed E-state index contributed by atoms with van der Waals surface area (Å²) >= 11 is 0. The lowest BCUT2D eigenvalue weighted by atomic mass is 9.58. The van der Waals surface area contributed by atoms with Gasteiger partial charge in [0.1, 0.15) is 0 Å². The molecule has 2 aliphatic rings. The van der Waals surface area contributed by atoms with Gasteiger partial charge >= 0.3 is 0 Å². The van der Waals surface area contributed by atoms with Crippen LogP contribution in [0.15, 0.2) is 12.1 Å². The van der Waals surface area contributed by atoms with Crippen LogP contribution >= 0.6 is 0 Å². The molecule has 3 heteroatoms. The van der Waals surface area contributed by atoms with Crippen molar-refractivity contribution >= 4 is 0 Å². The quantitative estimate of drug-likeness (QED) is 0.307. The summed E-state index contributed by atoms with van der Waals surface area (Å²) in [6.45, 7) is 2.26. The maximum Gasteiger partial charge on any atom is 0.194 e. The van der Waals surface area contributed by atoms with E-state index in [2.05, 4.69) is 6.92 Å². The molecule has 0 heterocycles.